The van der Waals surface area contributed by atoms with Gasteiger partial charge in [-0.25, -0.2) is 9.18 Å². The number of hydrogen-bond acceptors (Lipinski definition) is 4. The third-order valence-electron chi connectivity index (χ3n) is 6.16. The minimum absolute atomic E-state index is 0.00986. The van der Waals surface area contributed by atoms with Gasteiger partial charge in [0.25, 0.3) is 0 Å². The number of pyridine rings is 1. The normalized spacial score (nSPS) is 15.6. The largest absolute Gasteiger partial charge is 0.477 e. The molecule has 164 valence electrons. The van der Waals surface area contributed by atoms with Crippen LogP contribution in [0.25, 0.3) is 33.7 Å². The molecule has 5 rings (SSSR count). The van der Waals surface area contributed by atoms with E-state index in [1.807, 2.05) is 58.3 Å². The van der Waals surface area contributed by atoms with Crippen molar-refractivity contribution >= 4 is 16.9 Å². The topological polar surface area (TPSA) is 90.3 Å². The molecule has 1 atom stereocenters. The predicted octanol–water partition coefficient (Wildman–Crippen LogP) is 4.64. The molecule has 0 spiro atoms. The number of para-hydroxylation sites is 1. The summed E-state index contributed by atoms with van der Waals surface area (Å²) in [6, 6.07) is 7.29. The van der Waals surface area contributed by atoms with Crippen LogP contribution in [0.5, 0.6) is 0 Å². The molecule has 0 amide bonds. The van der Waals surface area contributed by atoms with Crippen molar-refractivity contribution in [3.63, 3.8) is 0 Å². The lowest BCUT2D eigenvalue weighted by atomic mass is 9.79. The highest BCUT2D eigenvalue weighted by molar-refractivity contribution is 5.97. The summed E-state index contributed by atoms with van der Waals surface area (Å²) in [7, 11) is 1.82. The van der Waals surface area contributed by atoms with Crippen molar-refractivity contribution in [1.29, 1.82) is 0 Å². The molecule has 4 heterocycles. The number of halogens is 1. The monoisotopic (exact) mass is 435 g/mol. The average Bonchev–Trinajstić information content (AvgIpc) is 3.31. The summed E-state index contributed by atoms with van der Waals surface area (Å²) in [5.41, 5.74) is 0.766. The lowest BCUT2D eigenvalue weighted by molar-refractivity contribution is 0.0692. The van der Waals surface area contributed by atoms with Gasteiger partial charge in [0.15, 0.2) is 11.6 Å². The number of hydrogen-bond donors (Lipinski definition) is 1. The molecule has 0 saturated heterocycles. The fourth-order valence-electron chi connectivity index (χ4n) is 4.56. The summed E-state index contributed by atoms with van der Waals surface area (Å²) >= 11 is 0. The first-order chi connectivity index (χ1) is 15.1. The van der Waals surface area contributed by atoms with E-state index >= 15 is 4.39 Å². The quantitative estimate of drug-likeness (QED) is 0.495. The number of aryl methyl sites for hydroxylation is 1. The van der Waals surface area contributed by atoms with Gasteiger partial charge >= 0.3 is 5.97 Å². The van der Waals surface area contributed by atoms with E-state index in [1.54, 1.807) is 9.25 Å². The zero-order valence-electron chi connectivity index (χ0n) is 18.1. The van der Waals surface area contributed by atoms with Crippen LogP contribution in [0.2, 0.25) is 0 Å². The Labute approximate surface area is 182 Å². The summed E-state index contributed by atoms with van der Waals surface area (Å²) in [5, 5.41) is 14.7. The van der Waals surface area contributed by atoms with Crippen molar-refractivity contribution in [2.24, 2.45) is 12.5 Å². The number of furan rings is 1. The van der Waals surface area contributed by atoms with Gasteiger partial charge in [-0.1, -0.05) is 32.9 Å². The second kappa shape index (κ2) is 6.66. The molecular formula is C24H22FN3O4. The van der Waals surface area contributed by atoms with Gasteiger partial charge in [0.05, 0.1) is 5.69 Å². The van der Waals surface area contributed by atoms with E-state index in [1.165, 1.54) is 6.20 Å². The Bertz CT molecular complexity index is 1470. The van der Waals surface area contributed by atoms with Gasteiger partial charge < -0.3 is 14.1 Å². The van der Waals surface area contributed by atoms with Crippen LogP contribution in [0.3, 0.4) is 0 Å². The number of carboxylic acids is 1. The second-order valence-electron chi connectivity index (χ2n) is 9.30. The van der Waals surface area contributed by atoms with Crippen molar-refractivity contribution in [3.8, 4) is 22.7 Å². The molecule has 0 radical (unpaired) electrons. The Morgan fingerprint density at radius 3 is 2.66 bits per heavy atom. The summed E-state index contributed by atoms with van der Waals surface area (Å²) in [4.78, 5) is 24.1. The van der Waals surface area contributed by atoms with Gasteiger partial charge in [0, 0.05) is 42.0 Å². The predicted molar refractivity (Wildman–Crippen MR) is 117 cm³/mol. The van der Waals surface area contributed by atoms with Gasteiger partial charge in [-0.2, -0.15) is 5.10 Å². The Balaban J connectivity index is 1.87. The minimum atomic E-state index is -1.45. The molecule has 32 heavy (non-hydrogen) atoms. The fourth-order valence-corrected chi connectivity index (χ4v) is 4.56. The van der Waals surface area contributed by atoms with Gasteiger partial charge in [0.1, 0.15) is 16.8 Å². The van der Waals surface area contributed by atoms with Crippen LogP contribution in [0.1, 0.15) is 42.7 Å². The molecule has 0 unspecified atom stereocenters. The van der Waals surface area contributed by atoms with E-state index in [0.29, 0.717) is 12.0 Å². The van der Waals surface area contributed by atoms with Gasteiger partial charge in [-0.15, -0.1) is 0 Å². The van der Waals surface area contributed by atoms with Crippen molar-refractivity contribution < 1.29 is 18.7 Å². The average molecular weight is 435 g/mol. The first-order valence-electron chi connectivity index (χ1n) is 10.3. The molecule has 7 nitrogen and oxygen atoms in total. The number of fused-ring (bicyclic) bond motifs is 5. The number of nitrogens with zero attached hydrogens (tertiary/aromatic N) is 3. The first-order valence-corrected chi connectivity index (χ1v) is 10.3. The molecule has 1 aliphatic rings. The van der Waals surface area contributed by atoms with Crippen LogP contribution in [-0.2, 0) is 13.5 Å². The fraction of sp³-hybridized carbons (Fsp3) is 0.292. The molecule has 8 heteroatoms. The maximum Gasteiger partial charge on any atom is 0.341 e. The smallest absolute Gasteiger partial charge is 0.341 e. The molecule has 0 saturated carbocycles. The van der Waals surface area contributed by atoms with Crippen molar-refractivity contribution in [2.75, 3.05) is 0 Å². The number of carbonyl (C=O) groups is 1. The van der Waals surface area contributed by atoms with Gasteiger partial charge in [-0.05, 0) is 24.0 Å². The molecule has 0 fully saturated rings. The first kappa shape index (κ1) is 20.2. The Hall–Kier alpha value is -3.68. The number of aromatic nitrogens is 3. The van der Waals surface area contributed by atoms with Gasteiger partial charge in [-0.3, -0.25) is 9.48 Å². The molecule has 4 aromatic rings. The van der Waals surface area contributed by atoms with Crippen molar-refractivity contribution in [3.05, 3.63) is 63.8 Å². The van der Waals surface area contributed by atoms with Crippen LogP contribution >= 0.6 is 0 Å². The minimum Gasteiger partial charge on any atom is -0.477 e. The highest BCUT2D eigenvalue weighted by Gasteiger charge is 2.39. The van der Waals surface area contributed by atoms with E-state index in [9.17, 15) is 14.7 Å². The summed E-state index contributed by atoms with van der Waals surface area (Å²) in [6.07, 6.45) is 3.58. The zero-order chi connectivity index (χ0) is 22.9. The molecule has 1 aliphatic heterocycles. The number of rotatable bonds is 2. The van der Waals surface area contributed by atoms with Gasteiger partial charge in [0.2, 0.25) is 5.43 Å². The zero-order valence-corrected chi connectivity index (χ0v) is 18.1. The number of aromatic carboxylic acids is 1. The van der Waals surface area contributed by atoms with E-state index in [-0.39, 0.29) is 22.9 Å². The summed E-state index contributed by atoms with van der Waals surface area (Å²) in [6.45, 7) is 6.01. The maximum atomic E-state index is 15.4. The standard InChI is InChI=1S/C24H22FN3O4/c1-24(2,3)17-10-14-12-6-5-7-13(16-8-9-27(4)26-16)21(12)32-22(14)19-18(25)20(29)15(23(30)31)11-28(17)19/h5-9,11,17H,10H2,1-4H3,(H,30,31)/t17-/m0/s1. The molecule has 1 aromatic carbocycles. The SMILES string of the molecule is Cn1ccc(-c2cccc3c4c(oc23)-c2c(F)c(=O)c(C(=O)O)cn2[C@H](C(C)(C)C)C4)n1. The summed E-state index contributed by atoms with van der Waals surface area (Å²) in [5.74, 6) is -2.31. The number of benzene rings is 1. The van der Waals surface area contributed by atoms with E-state index in [2.05, 4.69) is 5.10 Å². The van der Waals surface area contributed by atoms with Crippen molar-refractivity contribution in [1.82, 2.24) is 14.3 Å². The molecular weight excluding hydrogens is 413 g/mol. The van der Waals surface area contributed by atoms with E-state index in [0.717, 1.165) is 22.2 Å². The molecule has 0 bridgehead atoms. The van der Waals surface area contributed by atoms with Crippen LogP contribution < -0.4 is 5.43 Å². The third kappa shape index (κ3) is 2.82. The van der Waals surface area contributed by atoms with Crippen molar-refractivity contribution in [2.45, 2.75) is 33.2 Å². The molecule has 0 aliphatic carbocycles. The lowest BCUT2D eigenvalue weighted by Crippen LogP contribution is -2.34. The van der Waals surface area contributed by atoms with Crippen LogP contribution in [0, 0.1) is 11.2 Å². The van der Waals surface area contributed by atoms with E-state index < -0.39 is 22.8 Å². The highest BCUT2D eigenvalue weighted by atomic mass is 19.1. The molecule has 1 N–H and O–H groups in total. The Morgan fingerprint density at radius 1 is 1.28 bits per heavy atom. The lowest BCUT2D eigenvalue weighted by Gasteiger charge is -2.37. The second-order valence-corrected chi connectivity index (χ2v) is 9.30. The Kier molecular flexibility index (Phi) is 4.21. The van der Waals surface area contributed by atoms with E-state index in [4.69, 9.17) is 4.42 Å². The highest BCUT2D eigenvalue weighted by Crippen LogP contribution is 2.47. The maximum absolute atomic E-state index is 15.4. The van der Waals surface area contributed by atoms with Crippen LogP contribution in [0.4, 0.5) is 4.39 Å². The summed E-state index contributed by atoms with van der Waals surface area (Å²) < 4.78 is 24.9. The van der Waals surface area contributed by atoms with Crippen LogP contribution in [-0.4, -0.2) is 25.4 Å². The molecule has 3 aromatic heterocycles. The number of carboxylic acid groups (broad SMARTS) is 1. The third-order valence-corrected chi connectivity index (χ3v) is 6.16. The Morgan fingerprint density at radius 2 is 2.03 bits per heavy atom. The van der Waals surface area contributed by atoms with Crippen LogP contribution in [0.15, 0.2) is 45.9 Å².